The monoisotopic (exact) mass is 264 g/mol. The van der Waals surface area contributed by atoms with E-state index in [4.69, 9.17) is 4.74 Å². The maximum atomic E-state index is 12.1. The van der Waals surface area contributed by atoms with Crippen molar-refractivity contribution in [1.82, 2.24) is 15.6 Å². The van der Waals surface area contributed by atoms with Crippen LogP contribution in [0.3, 0.4) is 0 Å². The molecule has 1 aromatic heterocycles. The van der Waals surface area contributed by atoms with Gasteiger partial charge in [0.2, 0.25) is 11.8 Å². The zero-order valence-electron chi connectivity index (χ0n) is 11.3. The fourth-order valence-electron chi connectivity index (χ4n) is 2.18. The van der Waals surface area contributed by atoms with Crippen LogP contribution in [0.2, 0.25) is 0 Å². The van der Waals surface area contributed by atoms with E-state index in [0.29, 0.717) is 19.0 Å². The number of aromatic nitrogens is 1. The first-order valence-electron chi connectivity index (χ1n) is 6.52. The van der Waals surface area contributed by atoms with E-state index >= 15 is 0 Å². The second kappa shape index (κ2) is 6.38. The fourth-order valence-corrected chi connectivity index (χ4v) is 2.18. The van der Waals surface area contributed by atoms with Crippen LogP contribution in [0.15, 0.2) is 18.2 Å². The predicted octanol–water partition coefficient (Wildman–Crippen LogP) is 0.00450. The summed E-state index contributed by atoms with van der Waals surface area (Å²) in [6.07, 6.45) is 0. The minimum atomic E-state index is -0.228. The number of carbonyl (C=O) groups excluding carboxylic acids is 1. The van der Waals surface area contributed by atoms with Gasteiger partial charge in [-0.1, -0.05) is 6.07 Å². The number of anilines is 1. The quantitative estimate of drug-likeness (QED) is 0.801. The van der Waals surface area contributed by atoms with E-state index in [1.807, 2.05) is 24.0 Å². The number of carbonyl (C=O) groups is 1. The summed E-state index contributed by atoms with van der Waals surface area (Å²) in [5.74, 6) is 1.36. The van der Waals surface area contributed by atoms with Crippen molar-refractivity contribution < 1.29 is 9.53 Å². The summed E-state index contributed by atoms with van der Waals surface area (Å²) in [7, 11) is 1.59. The van der Waals surface area contributed by atoms with Crippen molar-refractivity contribution in [3.8, 4) is 5.88 Å². The van der Waals surface area contributed by atoms with Gasteiger partial charge in [-0.25, -0.2) is 0 Å². The molecule has 1 aliphatic heterocycles. The number of nitrogens with one attached hydrogen (secondary N) is 2. The number of hydrogen-bond acceptors (Lipinski definition) is 5. The molecule has 1 aliphatic rings. The number of ether oxygens (including phenoxy) is 1. The van der Waals surface area contributed by atoms with Crippen LogP contribution in [0, 0.1) is 0 Å². The van der Waals surface area contributed by atoms with Crippen LogP contribution in [-0.2, 0) is 4.79 Å². The Morgan fingerprint density at radius 3 is 3.21 bits per heavy atom. The van der Waals surface area contributed by atoms with Crippen molar-refractivity contribution in [1.29, 1.82) is 0 Å². The Hall–Kier alpha value is -1.82. The SMILES string of the molecule is CCNC(=O)C1CNCCN1c1cccc(OC)n1. The van der Waals surface area contributed by atoms with Crippen molar-refractivity contribution in [3.63, 3.8) is 0 Å². The molecule has 0 saturated carbocycles. The molecule has 1 amide bonds. The van der Waals surface area contributed by atoms with Gasteiger partial charge in [0.15, 0.2) is 0 Å². The van der Waals surface area contributed by atoms with E-state index < -0.39 is 0 Å². The summed E-state index contributed by atoms with van der Waals surface area (Å²) < 4.78 is 5.13. The highest BCUT2D eigenvalue weighted by Crippen LogP contribution is 2.19. The van der Waals surface area contributed by atoms with Crippen LogP contribution in [0.4, 0.5) is 5.82 Å². The van der Waals surface area contributed by atoms with Gasteiger partial charge in [0, 0.05) is 32.2 Å². The fraction of sp³-hybridized carbons (Fsp3) is 0.538. The topological polar surface area (TPSA) is 66.5 Å². The van der Waals surface area contributed by atoms with Crippen molar-refractivity contribution >= 4 is 11.7 Å². The van der Waals surface area contributed by atoms with Gasteiger partial charge >= 0.3 is 0 Å². The van der Waals surface area contributed by atoms with E-state index in [9.17, 15) is 4.79 Å². The molecule has 104 valence electrons. The number of rotatable bonds is 4. The highest BCUT2D eigenvalue weighted by Gasteiger charge is 2.29. The molecular formula is C13H20N4O2. The molecule has 2 N–H and O–H groups in total. The number of methoxy groups -OCH3 is 1. The van der Waals surface area contributed by atoms with Crippen LogP contribution >= 0.6 is 0 Å². The summed E-state index contributed by atoms with van der Waals surface area (Å²) in [5, 5.41) is 6.10. The Labute approximate surface area is 113 Å². The summed E-state index contributed by atoms with van der Waals surface area (Å²) >= 11 is 0. The molecule has 1 aromatic rings. The lowest BCUT2D eigenvalue weighted by atomic mass is 10.1. The number of nitrogens with zero attached hydrogens (tertiary/aromatic N) is 2. The largest absolute Gasteiger partial charge is 0.481 e. The summed E-state index contributed by atoms with van der Waals surface area (Å²) in [6, 6.07) is 5.36. The van der Waals surface area contributed by atoms with Crippen LogP contribution in [0.25, 0.3) is 0 Å². The highest BCUT2D eigenvalue weighted by molar-refractivity contribution is 5.85. The number of pyridine rings is 1. The van der Waals surface area contributed by atoms with Crippen LogP contribution in [0.1, 0.15) is 6.92 Å². The van der Waals surface area contributed by atoms with E-state index in [-0.39, 0.29) is 11.9 Å². The Bertz CT molecular complexity index is 438. The molecule has 1 saturated heterocycles. The van der Waals surface area contributed by atoms with Gasteiger partial charge in [0.05, 0.1) is 7.11 Å². The second-order valence-corrected chi connectivity index (χ2v) is 4.35. The van der Waals surface area contributed by atoms with Crippen LogP contribution in [0.5, 0.6) is 5.88 Å². The lowest BCUT2D eigenvalue weighted by Gasteiger charge is -2.36. The van der Waals surface area contributed by atoms with Gasteiger partial charge < -0.3 is 20.3 Å². The lowest BCUT2D eigenvalue weighted by Crippen LogP contribution is -2.58. The maximum Gasteiger partial charge on any atom is 0.244 e. The number of amides is 1. The standard InChI is InChI=1S/C13H20N4O2/c1-3-15-13(18)10-9-14-7-8-17(10)11-5-4-6-12(16-11)19-2/h4-6,10,14H,3,7-9H2,1-2H3,(H,15,18). The van der Waals surface area contributed by atoms with Crippen LogP contribution < -0.4 is 20.3 Å². The molecule has 0 aliphatic carbocycles. The first-order chi connectivity index (χ1) is 9.26. The van der Waals surface area contributed by atoms with Gasteiger partial charge in [0.1, 0.15) is 11.9 Å². The van der Waals surface area contributed by atoms with Gasteiger partial charge in [-0.2, -0.15) is 4.98 Å². The first kappa shape index (κ1) is 13.6. The molecule has 1 atom stereocenters. The van der Waals surface area contributed by atoms with Crippen molar-refractivity contribution in [2.24, 2.45) is 0 Å². The molecular weight excluding hydrogens is 244 g/mol. The average Bonchev–Trinajstić information content (AvgIpc) is 2.47. The van der Waals surface area contributed by atoms with E-state index in [0.717, 1.165) is 18.9 Å². The number of piperazine rings is 1. The van der Waals surface area contributed by atoms with Crippen molar-refractivity contribution in [3.05, 3.63) is 18.2 Å². The van der Waals surface area contributed by atoms with Crippen molar-refractivity contribution in [2.75, 3.05) is 38.2 Å². The summed E-state index contributed by atoms with van der Waals surface area (Å²) in [6.45, 7) is 4.78. The van der Waals surface area contributed by atoms with Gasteiger partial charge in [-0.05, 0) is 13.0 Å². The molecule has 0 aromatic carbocycles. The smallest absolute Gasteiger partial charge is 0.244 e. The van der Waals surface area contributed by atoms with E-state index in [1.165, 1.54) is 0 Å². The van der Waals surface area contributed by atoms with Gasteiger partial charge in [-0.3, -0.25) is 4.79 Å². The molecule has 2 heterocycles. The number of hydrogen-bond donors (Lipinski definition) is 2. The zero-order valence-corrected chi connectivity index (χ0v) is 11.3. The van der Waals surface area contributed by atoms with Gasteiger partial charge in [-0.15, -0.1) is 0 Å². The Morgan fingerprint density at radius 2 is 2.47 bits per heavy atom. The molecule has 0 spiro atoms. The third kappa shape index (κ3) is 3.14. The molecule has 1 unspecified atom stereocenters. The van der Waals surface area contributed by atoms with Crippen LogP contribution in [-0.4, -0.2) is 50.2 Å². The normalized spacial score (nSPS) is 19.1. The third-order valence-electron chi connectivity index (χ3n) is 3.11. The number of likely N-dealkylation sites (N-methyl/N-ethyl adjacent to an activating group) is 1. The second-order valence-electron chi connectivity index (χ2n) is 4.35. The third-order valence-corrected chi connectivity index (χ3v) is 3.11. The summed E-state index contributed by atoms with van der Waals surface area (Å²) in [5.41, 5.74) is 0. The Morgan fingerprint density at radius 1 is 1.63 bits per heavy atom. The molecule has 19 heavy (non-hydrogen) atoms. The van der Waals surface area contributed by atoms with E-state index in [2.05, 4.69) is 15.6 Å². The zero-order chi connectivity index (χ0) is 13.7. The lowest BCUT2D eigenvalue weighted by molar-refractivity contribution is -0.122. The highest BCUT2D eigenvalue weighted by atomic mass is 16.5. The maximum absolute atomic E-state index is 12.1. The van der Waals surface area contributed by atoms with E-state index in [1.54, 1.807) is 13.2 Å². The molecule has 6 heteroatoms. The van der Waals surface area contributed by atoms with Crippen molar-refractivity contribution in [2.45, 2.75) is 13.0 Å². The average molecular weight is 264 g/mol. The minimum absolute atomic E-state index is 0.0271. The molecule has 0 radical (unpaired) electrons. The predicted molar refractivity (Wildman–Crippen MR) is 73.5 cm³/mol. The Balaban J connectivity index is 2.20. The van der Waals surface area contributed by atoms with Gasteiger partial charge in [0.25, 0.3) is 0 Å². The summed E-state index contributed by atoms with van der Waals surface area (Å²) in [4.78, 5) is 18.5. The molecule has 6 nitrogen and oxygen atoms in total. The molecule has 0 bridgehead atoms. The first-order valence-corrected chi connectivity index (χ1v) is 6.52. The minimum Gasteiger partial charge on any atom is -0.481 e. The molecule has 2 rings (SSSR count). The Kier molecular flexibility index (Phi) is 4.57. The molecule has 1 fully saturated rings.